The molecular weight excluding hydrogens is 240 g/mol. The molecule has 0 fully saturated rings. The lowest BCUT2D eigenvalue weighted by atomic mass is 9.89. The highest BCUT2D eigenvalue weighted by Gasteiger charge is 2.43. The smallest absolute Gasteiger partial charge is 0.382 e. The fourth-order valence-electron chi connectivity index (χ4n) is 1.07. The van der Waals surface area contributed by atoms with E-state index in [1.54, 1.807) is 6.92 Å². The maximum atomic E-state index is 11.6. The number of aliphatic carboxylic acids is 1. The second-order valence-electron chi connectivity index (χ2n) is 3.43. The summed E-state index contributed by atoms with van der Waals surface area (Å²) < 4.78 is 4.22. The van der Waals surface area contributed by atoms with E-state index in [1.165, 1.54) is 0 Å². The number of Topliss-reactive ketones (excluding diaryl/α,β-unsaturated/α-hetero) is 1. The molecule has 0 spiro atoms. The number of hydrogen-bond acceptors (Lipinski definition) is 5. The zero-order valence-corrected chi connectivity index (χ0v) is 9.97. The third-order valence-electron chi connectivity index (χ3n) is 2.23. The molecule has 6 heteroatoms. The number of carboxylic acid groups (broad SMARTS) is 1. The lowest BCUT2D eigenvalue weighted by Gasteiger charge is -2.18. The molecule has 0 aromatic rings. The van der Waals surface area contributed by atoms with Gasteiger partial charge in [-0.05, 0) is 6.42 Å². The maximum Gasteiger partial charge on any atom is 0.382 e. The lowest BCUT2D eigenvalue weighted by Crippen LogP contribution is -2.39. The summed E-state index contributed by atoms with van der Waals surface area (Å²) in [6.07, 6.45) is 1.90. The third kappa shape index (κ3) is 3.13. The summed E-state index contributed by atoms with van der Waals surface area (Å²) in [4.78, 5) is 44.8. The van der Waals surface area contributed by atoms with E-state index < -0.39 is 29.1 Å². The molecule has 0 aromatic heterocycles. The summed E-state index contributed by atoms with van der Waals surface area (Å²) in [6.45, 7) is 8.04. The molecular formula is C12H14O6. The van der Waals surface area contributed by atoms with E-state index in [-0.39, 0.29) is 6.42 Å². The first-order valence-electron chi connectivity index (χ1n) is 5.15. The molecule has 18 heavy (non-hydrogen) atoms. The highest BCUT2D eigenvalue weighted by atomic mass is 16.6. The molecule has 0 heterocycles. The first-order valence-corrected chi connectivity index (χ1v) is 5.15. The first kappa shape index (κ1) is 15.8. The van der Waals surface area contributed by atoms with Crippen LogP contribution in [0.4, 0.5) is 0 Å². The van der Waals surface area contributed by atoms with Gasteiger partial charge >= 0.3 is 17.9 Å². The van der Waals surface area contributed by atoms with Crippen LogP contribution in [-0.2, 0) is 23.9 Å². The minimum atomic E-state index is -2.23. The van der Waals surface area contributed by atoms with Crippen molar-refractivity contribution < 1.29 is 29.0 Å². The second-order valence-corrected chi connectivity index (χ2v) is 3.43. The van der Waals surface area contributed by atoms with Crippen molar-refractivity contribution in [3.05, 3.63) is 25.3 Å². The number of ketones is 1. The van der Waals surface area contributed by atoms with Gasteiger partial charge in [0.1, 0.15) is 0 Å². The average Bonchev–Trinajstić information content (AvgIpc) is 2.31. The molecule has 0 unspecified atom stereocenters. The minimum absolute atomic E-state index is 0.0750. The van der Waals surface area contributed by atoms with Gasteiger partial charge in [0.15, 0.2) is 0 Å². The molecule has 0 aromatic carbocycles. The molecule has 0 saturated heterocycles. The van der Waals surface area contributed by atoms with Gasteiger partial charge < -0.3 is 9.84 Å². The van der Waals surface area contributed by atoms with Gasteiger partial charge in [-0.15, -0.1) is 13.2 Å². The molecule has 0 atom stereocenters. The fraction of sp³-hybridized carbons (Fsp3) is 0.333. The van der Waals surface area contributed by atoms with Crippen LogP contribution in [0.3, 0.4) is 0 Å². The third-order valence-corrected chi connectivity index (χ3v) is 2.23. The van der Waals surface area contributed by atoms with Crippen molar-refractivity contribution in [2.45, 2.75) is 19.8 Å². The Bertz CT molecular complexity index is 399. The molecule has 0 amide bonds. The van der Waals surface area contributed by atoms with Crippen LogP contribution < -0.4 is 0 Å². The zero-order valence-electron chi connectivity index (χ0n) is 9.97. The van der Waals surface area contributed by atoms with Crippen LogP contribution in [0.1, 0.15) is 19.8 Å². The summed E-state index contributed by atoms with van der Waals surface area (Å²) in [5.41, 5.74) is -2.23. The van der Waals surface area contributed by atoms with Gasteiger partial charge in [0.05, 0.1) is 0 Å². The highest BCUT2D eigenvalue weighted by molar-refractivity contribution is 6.35. The largest absolute Gasteiger partial charge is 0.480 e. The van der Waals surface area contributed by atoms with E-state index in [4.69, 9.17) is 5.11 Å². The quantitative estimate of drug-likeness (QED) is 0.313. The van der Waals surface area contributed by atoms with Gasteiger partial charge in [-0.2, -0.15) is 0 Å². The molecule has 0 radical (unpaired) electrons. The van der Waals surface area contributed by atoms with Crippen LogP contribution in [-0.4, -0.2) is 28.8 Å². The first-order chi connectivity index (χ1) is 8.35. The van der Waals surface area contributed by atoms with E-state index in [1.807, 2.05) is 0 Å². The number of carbonyl (C=O) groups excluding carboxylic acids is 3. The molecule has 1 N–H and O–H groups in total. The van der Waals surface area contributed by atoms with Gasteiger partial charge in [0.25, 0.3) is 0 Å². The molecule has 0 aliphatic heterocycles. The van der Waals surface area contributed by atoms with Gasteiger partial charge in [-0.3, -0.25) is 9.59 Å². The van der Waals surface area contributed by atoms with Gasteiger partial charge in [-0.1, -0.05) is 19.1 Å². The average molecular weight is 254 g/mol. The summed E-state index contributed by atoms with van der Waals surface area (Å²) in [5.74, 6) is -5.27. The number of esters is 2. The van der Waals surface area contributed by atoms with E-state index in [9.17, 15) is 19.2 Å². The van der Waals surface area contributed by atoms with Gasteiger partial charge in [-0.25, -0.2) is 9.59 Å². The van der Waals surface area contributed by atoms with E-state index >= 15 is 0 Å². The standard InChI is InChI=1S/C12H14O6/c1-4-7-8(13)9(14)18-11(17)12(5-2,6-3)10(15)16/h5-6H,2-4,7H2,1H3,(H,15,16). The summed E-state index contributed by atoms with van der Waals surface area (Å²) in [6, 6.07) is 0. The molecule has 0 rings (SSSR count). The number of ether oxygens (including phenoxy) is 1. The van der Waals surface area contributed by atoms with Crippen molar-refractivity contribution in [2.75, 3.05) is 0 Å². The second kappa shape index (κ2) is 6.48. The lowest BCUT2D eigenvalue weighted by molar-refractivity contribution is -0.171. The van der Waals surface area contributed by atoms with Gasteiger partial charge in [0, 0.05) is 6.42 Å². The molecule has 0 bridgehead atoms. The van der Waals surface area contributed by atoms with Crippen molar-refractivity contribution in [3.63, 3.8) is 0 Å². The van der Waals surface area contributed by atoms with Crippen LogP contribution >= 0.6 is 0 Å². The summed E-state index contributed by atoms with van der Waals surface area (Å²) in [5, 5.41) is 8.91. The van der Waals surface area contributed by atoms with Gasteiger partial charge in [0.2, 0.25) is 11.2 Å². The minimum Gasteiger partial charge on any atom is -0.480 e. The van der Waals surface area contributed by atoms with Crippen molar-refractivity contribution in [1.82, 2.24) is 0 Å². The van der Waals surface area contributed by atoms with Crippen LogP contribution in [0.2, 0.25) is 0 Å². The number of carboxylic acids is 1. The number of hydrogen-bond donors (Lipinski definition) is 1. The highest BCUT2D eigenvalue weighted by Crippen LogP contribution is 2.23. The zero-order chi connectivity index (χ0) is 14.3. The van der Waals surface area contributed by atoms with Crippen LogP contribution in [0.15, 0.2) is 25.3 Å². The molecule has 0 aliphatic rings. The van der Waals surface area contributed by atoms with Crippen molar-refractivity contribution in [2.24, 2.45) is 5.41 Å². The maximum absolute atomic E-state index is 11.6. The fourth-order valence-corrected chi connectivity index (χ4v) is 1.07. The monoisotopic (exact) mass is 254 g/mol. The Labute approximate surface area is 104 Å². The van der Waals surface area contributed by atoms with Crippen LogP contribution in [0.5, 0.6) is 0 Å². The Kier molecular flexibility index (Phi) is 5.68. The predicted octanol–water partition coefficient (Wildman–Crippen LogP) is 0.868. The topological polar surface area (TPSA) is 97.7 Å². The Hall–Kier alpha value is -2.24. The van der Waals surface area contributed by atoms with Crippen molar-refractivity contribution in [1.29, 1.82) is 0 Å². The number of rotatable bonds is 7. The normalized spacial score (nSPS) is 10.3. The number of carbonyl (C=O) groups is 4. The Morgan fingerprint density at radius 1 is 1.22 bits per heavy atom. The summed E-state index contributed by atoms with van der Waals surface area (Å²) in [7, 11) is 0. The summed E-state index contributed by atoms with van der Waals surface area (Å²) >= 11 is 0. The Balaban J connectivity index is 5.00. The van der Waals surface area contributed by atoms with Crippen LogP contribution in [0.25, 0.3) is 0 Å². The van der Waals surface area contributed by atoms with Crippen LogP contribution in [0, 0.1) is 5.41 Å². The molecule has 98 valence electrons. The predicted molar refractivity (Wildman–Crippen MR) is 61.5 cm³/mol. The molecule has 6 nitrogen and oxygen atoms in total. The van der Waals surface area contributed by atoms with E-state index in [2.05, 4.69) is 17.9 Å². The van der Waals surface area contributed by atoms with Crippen molar-refractivity contribution >= 4 is 23.7 Å². The van der Waals surface area contributed by atoms with E-state index in [0.717, 1.165) is 12.2 Å². The Morgan fingerprint density at radius 2 is 1.72 bits per heavy atom. The van der Waals surface area contributed by atoms with Crippen molar-refractivity contribution in [3.8, 4) is 0 Å². The van der Waals surface area contributed by atoms with E-state index in [0.29, 0.717) is 6.42 Å². The SMILES string of the molecule is C=CC(C=C)(C(=O)O)C(=O)OC(=O)C(=O)CCC. The Morgan fingerprint density at radius 3 is 2.06 bits per heavy atom. The molecule has 0 saturated carbocycles. The molecule has 0 aliphatic carbocycles.